The average molecular weight is 166 g/mol. The van der Waals surface area contributed by atoms with Crippen molar-refractivity contribution in [2.45, 2.75) is 20.0 Å². The molecule has 4 nitrogen and oxygen atoms in total. The number of carbonyl (C=O) groups excluding carboxylic acids is 1. The van der Waals surface area contributed by atoms with Crippen molar-refractivity contribution in [1.29, 1.82) is 0 Å². The minimum Gasteiger partial charge on any atom is -0.458 e. The molecule has 0 aliphatic rings. The Morgan fingerprint density at radius 3 is 2.75 bits per heavy atom. The summed E-state index contributed by atoms with van der Waals surface area (Å²) in [6, 6.07) is 0. The standard InChI is InChI=1S/C8H10N2O2/c1-6(2)12-8(11)7-5-9-3-4-10-7/h3-6H,1-2H3. The topological polar surface area (TPSA) is 52.1 Å². The highest BCUT2D eigenvalue weighted by Gasteiger charge is 2.09. The maximum Gasteiger partial charge on any atom is 0.358 e. The average Bonchev–Trinajstić information content (AvgIpc) is 2.05. The molecule has 0 aliphatic heterocycles. The molecule has 0 amide bonds. The summed E-state index contributed by atoms with van der Waals surface area (Å²) in [6.45, 7) is 3.57. The van der Waals surface area contributed by atoms with Crippen molar-refractivity contribution in [2.75, 3.05) is 0 Å². The quantitative estimate of drug-likeness (QED) is 0.616. The van der Waals surface area contributed by atoms with E-state index in [0.717, 1.165) is 0 Å². The molecule has 0 aliphatic carbocycles. The van der Waals surface area contributed by atoms with Crippen LogP contribution >= 0.6 is 0 Å². The second kappa shape index (κ2) is 3.80. The molecule has 0 atom stereocenters. The van der Waals surface area contributed by atoms with Crippen molar-refractivity contribution >= 4 is 5.97 Å². The Balaban J connectivity index is 2.66. The van der Waals surface area contributed by atoms with Crippen molar-refractivity contribution in [3.05, 3.63) is 24.3 Å². The highest BCUT2D eigenvalue weighted by molar-refractivity contribution is 5.86. The number of hydrogen-bond donors (Lipinski definition) is 0. The van der Waals surface area contributed by atoms with Gasteiger partial charge in [-0.1, -0.05) is 0 Å². The van der Waals surface area contributed by atoms with Crippen LogP contribution in [-0.2, 0) is 4.74 Å². The molecule has 12 heavy (non-hydrogen) atoms. The van der Waals surface area contributed by atoms with Crippen LogP contribution in [0.4, 0.5) is 0 Å². The molecule has 0 unspecified atom stereocenters. The van der Waals surface area contributed by atoms with E-state index in [0.29, 0.717) is 0 Å². The number of nitrogens with zero attached hydrogens (tertiary/aromatic N) is 2. The van der Waals surface area contributed by atoms with Gasteiger partial charge in [-0.05, 0) is 13.8 Å². The van der Waals surface area contributed by atoms with Crippen molar-refractivity contribution in [3.63, 3.8) is 0 Å². The molecule has 0 spiro atoms. The summed E-state index contributed by atoms with van der Waals surface area (Å²) in [6.07, 6.45) is 4.22. The number of rotatable bonds is 2. The van der Waals surface area contributed by atoms with Crippen LogP contribution in [0.1, 0.15) is 24.3 Å². The summed E-state index contributed by atoms with van der Waals surface area (Å²) in [7, 11) is 0. The number of ether oxygens (including phenoxy) is 1. The van der Waals surface area contributed by atoms with E-state index in [1.165, 1.54) is 18.6 Å². The third-order valence-corrected chi connectivity index (χ3v) is 1.12. The van der Waals surface area contributed by atoms with Gasteiger partial charge in [0.25, 0.3) is 0 Å². The van der Waals surface area contributed by atoms with Crippen molar-refractivity contribution in [1.82, 2.24) is 9.97 Å². The lowest BCUT2D eigenvalue weighted by atomic mass is 10.4. The Kier molecular flexibility index (Phi) is 2.74. The van der Waals surface area contributed by atoms with Gasteiger partial charge in [-0.15, -0.1) is 0 Å². The molecule has 1 heterocycles. The first-order valence-corrected chi connectivity index (χ1v) is 3.67. The summed E-state index contributed by atoms with van der Waals surface area (Å²) in [4.78, 5) is 18.7. The first-order chi connectivity index (χ1) is 5.70. The lowest BCUT2D eigenvalue weighted by molar-refractivity contribution is 0.0370. The number of carbonyl (C=O) groups is 1. The lowest BCUT2D eigenvalue weighted by Gasteiger charge is -2.05. The van der Waals surface area contributed by atoms with Crippen LogP contribution in [0, 0.1) is 0 Å². The Labute approximate surface area is 70.6 Å². The van der Waals surface area contributed by atoms with Gasteiger partial charge in [0.15, 0.2) is 5.69 Å². The Morgan fingerprint density at radius 2 is 2.25 bits per heavy atom. The van der Waals surface area contributed by atoms with Crippen LogP contribution < -0.4 is 0 Å². The van der Waals surface area contributed by atoms with Gasteiger partial charge in [0.2, 0.25) is 0 Å². The van der Waals surface area contributed by atoms with Gasteiger partial charge in [0.05, 0.1) is 12.3 Å². The molecule has 1 aromatic heterocycles. The van der Waals surface area contributed by atoms with Gasteiger partial charge in [0.1, 0.15) is 0 Å². The van der Waals surface area contributed by atoms with Gasteiger partial charge in [0, 0.05) is 12.4 Å². The van der Waals surface area contributed by atoms with Crippen LogP contribution in [0.3, 0.4) is 0 Å². The van der Waals surface area contributed by atoms with Crippen molar-refractivity contribution in [2.24, 2.45) is 0 Å². The summed E-state index contributed by atoms with van der Waals surface area (Å²) in [5.74, 6) is -0.432. The first-order valence-electron chi connectivity index (χ1n) is 3.67. The van der Waals surface area contributed by atoms with Crippen molar-refractivity contribution in [3.8, 4) is 0 Å². The summed E-state index contributed by atoms with van der Waals surface area (Å²) >= 11 is 0. The monoisotopic (exact) mass is 166 g/mol. The molecule has 0 aromatic carbocycles. The first kappa shape index (κ1) is 8.64. The normalized spacial score (nSPS) is 9.92. The molecular weight excluding hydrogens is 156 g/mol. The highest BCUT2D eigenvalue weighted by atomic mass is 16.5. The zero-order chi connectivity index (χ0) is 8.97. The van der Waals surface area contributed by atoms with Crippen LogP contribution in [0.2, 0.25) is 0 Å². The van der Waals surface area contributed by atoms with E-state index in [9.17, 15) is 4.79 Å². The van der Waals surface area contributed by atoms with Gasteiger partial charge in [-0.25, -0.2) is 9.78 Å². The Morgan fingerprint density at radius 1 is 1.50 bits per heavy atom. The molecule has 0 N–H and O–H groups in total. The Hall–Kier alpha value is -1.45. The molecule has 1 rings (SSSR count). The van der Waals surface area contributed by atoms with Gasteiger partial charge in [-0.2, -0.15) is 0 Å². The summed E-state index contributed by atoms with van der Waals surface area (Å²) in [5.41, 5.74) is 0.242. The third kappa shape index (κ3) is 2.30. The van der Waals surface area contributed by atoms with E-state index < -0.39 is 5.97 Å². The second-order valence-electron chi connectivity index (χ2n) is 2.54. The summed E-state index contributed by atoms with van der Waals surface area (Å²) in [5, 5.41) is 0. The largest absolute Gasteiger partial charge is 0.458 e. The maximum absolute atomic E-state index is 11.1. The van der Waals surface area contributed by atoms with Gasteiger partial charge < -0.3 is 4.74 Å². The minimum absolute atomic E-state index is 0.125. The van der Waals surface area contributed by atoms with E-state index in [2.05, 4.69) is 9.97 Å². The van der Waals surface area contributed by atoms with Crippen LogP contribution in [0.5, 0.6) is 0 Å². The fourth-order valence-electron chi connectivity index (χ4n) is 0.679. The molecule has 64 valence electrons. The zero-order valence-corrected chi connectivity index (χ0v) is 7.02. The van der Waals surface area contributed by atoms with E-state index in [1.54, 1.807) is 13.8 Å². The fraction of sp³-hybridized carbons (Fsp3) is 0.375. The third-order valence-electron chi connectivity index (χ3n) is 1.12. The molecule has 0 bridgehead atoms. The van der Waals surface area contributed by atoms with Gasteiger partial charge >= 0.3 is 5.97 Å². The number of esters is 1. The van der Waals surface area contributed by atoms with Gasteiger partial charge in [-0.3, -0.25) is 4.98 Å². The minimum atomic E-state index is -0.432. The van der Waals surface area contributed by atoms with E-state index in [4.69, 9.17) is 4.74 Å². The Bertz CT molecular complexity index is 259. The lowest BCUT2D eigenvalue weighted by Crippen LogP contribution is -2.12. The molecule has 0 saturated heterocycles. The number of aromatic nitrogens is 2. The highest BCUT2D eigenvalue weighted by Crippen LogP contribution is 1.97. The van der Waals surface area contributed by atoms with E-state index >= 15 is 0 Å². The van der Waals surface area contributed by atoms with E-state index in [1.807, 2.05) is 0 Å². The second-order valence-corrected chi connectivity index (χ2v) is 2.54. The SMILES string of the molecule is CC(C)OC(=O)c1cnccn1. The van der Waals surface area contributed by atoms with Crippen LogP contribution in [-0.4, -0.2) is 22.0 Å². The predicted octanol–water partition coefficient (Wildman–Crippen LogP) is 1.04. The smallest absolute Gasteiger partial charge is 0.358 e. The van der Waals surface area contributed by atoms with Crippen LogP contribution in [0.15, 0.2) is 18.6 Å². The molecule has 0 radical (unpaired) electrons. The number of hydrogen-bond acceptors (Lipinski definition) is 4. The van der Waals surface area contributed by atoms with Crippen molar-refractivity contribution < 1.29 is 9.53 Å². The molecular formula is C8H10N2O2. The molecule has 0 fully saturated rings. The van der Waals surface area contributed by atoms with E-state index in [-0.39, 0.29) is 11.8 Å². The fourth-order valence-corrected chi connectivity index (χ4v) is 0.679. The maximum atomic E-state index is 11.1. The van der Waals surface area contributed by atoms with Crippen LogP contribution in [0.25, 0.3) is 0 Å². The predicted molar refractivity (Wildman–Crippen MR) is 42.6 cm³/mol. The summed E-state index contributed by atoms with van der Waals surface area (Å²) < 4.78 is 4.89. The molecule has 1 aromatic rings. The zero-order valence-electron chi connectivity index (χ0n) is 7.02. The molecule has 0 saturated carbocycles. The molecule has 4 heteroatoms.